The van der Waals surface area contributed by atoms with E-state index in [1.807, 2.05) is 24.3 Å². The zero-order valence-electron chi connectivity index (χ0n) is 13.9. The molecule has 1 aliphatic rings. The minimum atomic E-state index is -0.649. The lowest BCUT2D eigenvalue weighted by molar-refractivity contribution is -0.125. The van der Waals surface area contributed by atoms with Crippen LogP contribution in [0.4, 0.5) is 0 Å². The third-order valence-electron chi connectivity index (χ3n) is 4.03. The van der Waals surface area contributed by atoms with Crippen LogP contribution in [0, 0.1) is 0 Å². The molecule has 0 radical (unpaired) electrons. The van der Waals surface area contributed by atoms with Gasteiger partial charge in [-0.3, -0.25) is 9.59 Å². The van der Waals surface area contributed by atoms with Gasteiger partial charge in [-0.1, -0.05) is 18.2 Å². The van der Waals surface area contributed by atoms with Crippen LogP contribution in [0.2, 0.25) is 0 Å². The Kier molecular flexibility index (Phi) is 5.17. The molecular formula is C19H18N2O5. The van der Waals surface area contributed by atoms with Gasteiger partial charge < -0.3 is 20.5 Å². The SMILES string of the molecule is NC(=O)c1ccc(C(=O)OCC(=O)NC2CCOc3ccccc32)cc1. The molecule has 7 heteroatoms. The van der Waals surface area contributed by atoms with Crippen LogP contribution >= 0.6 is 0 Å². The highest BCUT2D eigenvalue weighted by atomic mass is 16.5. The smallest absolute Gasteiger partial charge is 0.338 e. The molecule has 1 heterocycles. The average Bonchev–Trinajstić information content (AvgIpc) is 2.66. The maximum atomic E-state index is 12.1. The molecule has 134 valence electrons. The van der Waals surface area contributed by atoms with Gasteiger partial charge in [0.05, 0.1) is 18.2 Å². The van der Waals surface area contributed by atoms with Crippen LogP contribution in [-0.4, -0.2) is 31.0 Å². The van der Waals surface area contributed by atoms with Gasteiger partial charge in [-0.05, 0) is 30.3 Å². The quantitative estimate of drug-likeness (QED) is 0.793. The van der Waals surface area contributed by atoms with E-state index in [0.29, 0.717) is 13.0 Å². The van der Waals surface area contributed by atoms with Crippen molar-refractivity contribution in [1.82, 2.24) is 5.32 Å². The summed E-state index contributed by atoms with van der Waals surface area (Å²) in [6.45, 7) is 0.115. The Labute approximate surface area is 150 Å². The third kappa shape index (κ3) is 4.00. The lowest BCUT2D eigenvalue weighted by Gasteiger charge is -2.26. The van der Waals surface area contributed by atoms with Crippen LogP contribution in [0.1, 0.15) is 38.7 Å². The van der Waals surface area contributed by atoms with Crippen molar-refractivity contribution in [2.45, 2.75) is 12.5 Å². The van der Waals surface area contributed by atoms with Gasteiger partial charge in [-0.2, -0.15) is 0 Å². The molecular weight excluding hydrogens is 336 g/mol. The highest BCUT2D eigenvalue weighted by molar-refractivity contribution is 5.95. The van der Waals surface area contributed by atoms with Gasteiger partial charge >= 0.3 is 5.97 Å². The van der Waals surface area contributed by atoms with E-state index in [4.69, 9.17) is 15.2 Å². The molecule has 0 fully saturated rings. The second kappa shape index (κ2) is 7.69. The molecule has 1 aliphatic heterocycles. The molecule has 0 spiro atoms. The minimum Gasteiger partial charge on any atom is -0.493 e. The first-order valence-corrected chi connectivity index (χ1v) is 8.12. The third-order valence-corrected chi connectivity index (χ3v) is 4.03. The molecule has 2 amide bonds. The number of rotatable bonds is 5. The first-order valence-electron chi connectivity index (χ1n) is 8.12. The van der Waals surface area contributed by atoms with E-state index in [-0.39, 0.29) is 17.2 Å². The Morgan fingerprint density at radius 2 is 1.77 bits per heavy atom. The molecule has 3 rings (SSSR count). The Morgan fingerprint density at radius 3 is 2.50 bits per heavy atom. The summed E-state index contributed by atoms with van der Waals surface area (Å²) in [5, 5.41) is 2.85. The summed E-state index contributed by atoms with van der Waals surface area (Å²) in [5.41, 5.74) is 6.57. The van der Waals surface area contributed by atoms with Gasteiger partial charge in [0.1, 0.15) is 5.75 Å². The number of nitrogens with two attached hydrogens (primary N) is 1. The first kappa shape index (κ1) is 17.5. The van der Waals surface area contributed by atoms with E-state index < -0.39 is 24.4 Å². The predicted molar refractivity (Wildman–Crippen MR) is 92.7 cm³/mol. The maximum absolute atomic E-state index is 12.1. The number of benzene rings is 2. The van der Waals surface area contributed by atoms with Gasteiger partial charge in [0.15, 0.2) is 6.61 Å². The summed E-state index contributed by atoms with van der Waals surface area (Å²) in [6, 6.07) is 13.0. The fourth-order valence-electron chi connectivity index (χ4n) is 2.71. The highest BCUT2D eigenvalue weighted by Gasteiger charge is 2.23. The highest BCUT2D eigenvalue weighted by Crippen LogP contribution is 2.31. The maximum Gasteiger partial charge on any atom is 0.338 e. The van der Waals surface area contributed by atoms with E-state index in [9.17, 15) is 14.4 Å². The molecule has 1 unspecified atom stereocenters. The second-order valence-electron chi connectivity index (χ2n) is 5.81. The predicted octanol–water partition coefficient (Wildman–Crippen LogP) is 1.58. The van der Waals surface area contributed by atoms with Crippen molar-refractivity contribution in [2.75, 3.05) is 13.2 Å². The second-order valence-corrected chi connectivity index (χ2v) is 5.81. The van der Waals surface area contributed by atoms with Crippen molar-refractivity contribution < 1.29 is 23.9 Å². The molecule has 3 N–H and O–H groups in total. The number of hydrogen-bond acceptors (Lipinski definition) is 5. The normalized spacial score (nSPS) is 15.3. The van der Waals surface area contributed by atoms with E-state index >= 15 is 0 Å². The van der Waals surface area contributed by atoms with Crippen molar-refractivity contribution in [3.8, 4) is 5.75 Å². The van der Waals surface area contributed by atoms with E-state index in [1.54, 1.807) is 0 Å². The summed E-state index contributed by atoms with van der Waals surface area (Å²) in [4.78, 5) is 35.1. The fraction of sp³-hybridized carbons (Fsp3) is 0.211. The van der Waals surface area contributed by atoms with Crippen LogP contribution in [-0.2, 0) is 9.53 Å². The topological polar surface area (TPSA) is 108 Å². The van der Waals surface area contributed by atoms with Crippen LogP contribution in [0.25, 0.3) is 0 Å². The number of primary amides is 1. The van der Waals surface area contributed by atoms with Crippen LogP contribution < -0.4 is 15.8 Å². The molecule has 0 saturated heterocycles. The Hall–Kier alpha value is -3.35. The molecule has 2 aromatic rings. The molecule has 0 aliphatic carbocycles. The van der Waals surface area contributed by atoms with Crippen LogP contribution in [0.5, 0.6) is 5.75 Å². The number of amides is 2. The minimum absolute atomic E-state index is 0.180. The molecule has 26 heavy (non-hydrogen) atoms. The number of nitrogens with one attached hydrogen (secondary N) is 1. The summed E-state index contributed by atoms with van der Waals surface area (Å²) >= 11 is 0. The van der Waals surface area contributed by atoms with Gasteiger partial charge in [0.2, 0.25) is 5.91 Å². The van der Waals surface area contributed by atoms with Gasteiger partial charge in [0, 0.05) is 17.5 Å². The molecule has 7 nitrogen and oxygen atoms in total. The van der Waals surface area contributed by atoms with Crippen LogP contribution in [0.15, 0.2) is 48.5 Å². The number of ether oxygens (including phenoxy) is 2. The lowest BCUT2D eigenvalue weighted by Crippen LogP contribution is -2.35. The largest absolute Gasteiger partial charge is 0.493 e. The van der Waals surface area contributed by atoms with E-state index in [0.717, 1.165) is 11.3 Å². The number of fused-ring (bicyclic) bond motifs is 1. The van der Waals surface area contributed by atoms with Crippen molar-refractivity contribution in [3.05, 3.63) is 65.2 Å². The summed E-state index contributed by atoms with van der Waals surface area (Å²) in [7, 11) is 0. The zero-order valence-corrected chi connectivity index (χ0v) is 13.9. The van der Waals surface area contributed by atoms with Gasteiger partial charge in [0.25, 0.3) is 5.91 Å². The molecule has 0 saturated carbocycles. The Morgan fingerprint density at radius 1 is 1.08 bits per heavy atom. The number of esters is 1. The summed E-state index contributed by atoms with van der Waals surface area (Å²) < 4.78 is 10.6. The molecule has 0 bridgehead atoms. The van der Waals surface area contributed by atoms with E-state index in [2.05, 4.69) is 5.32 Å². The van der Waals surface area contributed by atoms with Crippen molar-refractivity contribution in [1.29, 1.82) is 0 Å². The molecule has 0 aromatic heterocycles. The number of hydrogen-bond donors (Lipinski definition) is 2. The Balaban J connectivity index is 1.54. The monoisotopic (exact) mass is 354 g/mol. The summed E-state index contributed by atoms with van der Waals surface area (Å²) in [6.07, 6.45) is 0.644. The van der Waals surface area contributed by atoms with Gasteiger partial charge in [-0.15, -0.1) is 0 Å². The standard InChI is InChI=1S/C19H18N2O5/c20-18(23)12-5-7-13(8-6-12)19(24)26-11-17(22)21-15-9-10-25-16-4-2-1-3-14(15)16/h1-8,15H,9-11H2,(H2,20,23)(H,21,22). The first-order chi connectivity index (χ1) is 12.5. The lowest BCUT2D eigenvalue weighted by atomic mass is 10.0. The number of carbonyl (C=O) groups is 3. The molecule has 2 aromatic carbocycles. The Bertz CT molecular complexity index is 832. The number of para-hydroxylation sites is 1. The zero-order chi connectivity index (χ0) is 18.5. The van der Waals surface area contributed by atoms with Crippen molar-refractivity contribution in [2.24, 2.45) is 5.73 Å². The van der Waals surface area contributed by atoms with Crippen molar-refractivity contribution >= 4 is 17.8 Å². The number of carbonyl (C=O) groups excluding carboxylic acids is 3. The average molecular weight is 354 g/mol. The van der Waals surface area contributed by atoms with Crippen LogP contribution in [0.3, 0.4) is 0 Å². The van der Waals surface area contributed by atoms with Gasteiger partial charge in [-0.25, -0.2) is 4.79 Å². The summed E-state index contributed by atoms with van der Waals surface area (Å²) in [5.74, 6) is -0.881. The van der Waals surface area contributed by atoms with Crippen molar-refractivity contribution in [3.63, 3.8) is 0 Å². The van der Waals surface area contributed by atoms with E-state index in [1.165, 1.54) is 24.3 Å². The molecule has 1 atom stereocenters. The fourth-order valence-corrected chi connectivity index (χ4v) is 2.71.